The first-order valence-electron chi connectivity index (χ1n) is 5.28. The van der Waals surface area contributed by atoms with Crippen LogP contribution in [-0.2, 0) is 21.4 Å². The van der Waals surface area contributed by atoms with Crippen molar-refractivity contribution in [1.82, 2.24) is 4.31 Å². The van der Waals surface area contributed by atoms with Gasteiger partial charge >= 0.3 is 0 Å². The van der Waals surface area contributed by atoms with E-state index >= 15 is 0 Å². The molecule has 1 heterocycles. The number of carbonyl (C=O) groups is 1. The molecule has 5 nitrogen and oxygen atoms in total. The summed E-state index contributed by atoms with van der Waals surface area (Å²) >= 11 is 5.75. The number of nitrogens with two attached hydrogens (primary N) is 1. The van der Waals surface area contributed by atoms with Crippen molar-refractivity contribution >= 4 is 33.2 Å². The van der Waals surface area contributed by atoms with E-state index < -0.39 is 20.7 Å². The van der Waals surface area contributed by atoms with Gasteiger partial charge < -0.3 is 5.73 Å². The van der Waals surface area contributed by atoms with Gasteiger partial charge in [-0.3, -0.25) is 4.79 Å². The summed E-state index contributed by atoms with van der Waals surface area (Å²) in [6.07, 6.45) is 0. The molecule has 0 aliphatic carbocycles. The van der Waals surface area contributed by atoms with E-state index in [4.69, 9.17) is 17.3 Å². The Morgan fingerprint density at radius 3 is 2.50 bits per heavy atom. The number of nitrogens with zero attached hydrogens (tertiary/aromatic N) is 1. The smallest absolute Gasteiger partial charge is 0.259 e. The zero-order valence-electron chi connectivity index (χ0n) is 9.97. The van der Waals surface area contributed by atoms with Gasteiger partial charge in [0.2, 0.25) is 0 Å². The van der Waals surface area contributed by atoms with E-state index in [1.807, 2.05) is 0 Å². The number of rotatable bonds is 2. The van der Waals surface area contributed by atoms with Crippen molar-refractivity contribution in [2.45, 2.75) is 25.1 Å². The topological polar surface area (TPSA) is 80.5 Å². The number of halogens is 1. The molecule has 98 valence electrons. The Hall–Kier alpha value is -1.27. The van der Waals surface area contributed by atoms with Gasteiger partial charge in [-0.05, 0) is 31.5 Å². The summed E-state index contributed by atoms with van der Waals surface area (Å²) in [5.74, 6) is -0.420. The van der Waals surface area contributed by atoms with Crippen LogP contribution in [0.4, 0.5) is 5.69 Å². The lowest BCUT2D eigenvalue weighted by molar-refractivity contribution is -0.132. The molecule has 0 bridgehead atoms. The third-order valence-corrected chi connectivity index (χ3v) is 5.67. The molecule has 0 aromatic heterocycles. The molecule has 1 aromatic carbocycles. The Labute approximate surface area is 111 Å². The molecule has 2 N–H and O–H groups in total. The van der Waals surface area contributed by atoms with Gasteiger partial charge in [-0.1, -0.05) is 17.7 Å². The average Bonchev–Trinajstić information content (AvgIpc) is 2.26. The third kappa shape index (κ3) is 1.67. The molecule has 0 saturated carbocycles. The van der Waals surface area contributed by atoms with Crippen LogP contribution in [0.5, 0.6) is 0 Å². The maximum atomic E-state index is 11.9. The predicted molar refractivity (Wildman–Crippen MR) is 69.4 cm³/mol. The molecular formula is C11H13ClN2O3S. The lowest BCUT2D eigenvalue weighted by atomic mass is 10.1. The van der Waals surface area contributed by atoms with Crippen LogP contribution in [0.2, 0.25) is 5.02 Å². The number of hydrogen-bond donors (Lipinski definition) is 1. The SMILES string of the molecule is CC1(C)C(=O)N(Cc2ccc(Cl)cc2N)S1(=O)=O. The predicted octanol–water partition coefficient (Wildman–Crippen LogP) is 1.37. The highest BCUT2D eigenvalue weighted by atomic mass is 35.5. The van der Waals surface area contributed by atoms with Crippen molar-refractivity contribution in [3.8, 4) is 0 Å². The molecular weight excluding hydrogens is 276 g/mol. The maximum Gasteiger partial charge on any atom is 0.259 e. The number of nitrogen functional groups attached to an aromatic ring is 1. The maximum absolute atomic E-state index is 11.9. The number of benzene rings is 1. The molecule has 1 aliphatic heterocycles. The average molecular weight is 289 g/mol. The van der Waals surface area contributed by atoms with E-state index in [-0.39, 0.29) is 6.54 Å². The van der Waals surface area contributed by atoms with Gasteiger partial charge in [0.25, 0.3) is 15.9 Å². The van der Waals surface area contributed by atoms with E-state index in [9.17, 15) is 13.2 Å². The van der Waals surface area contributed by atoms with Crippen LogP contribution in [0.3, 0.4) is 0 Å². The lowest BCUT2D eigenvalue weighted by Crippen LogP contribution is -2.66. The van der Waals surface area contributed by atoms with E-state index in [0.29, 0.717) is 16.3 Å². The summed E-state index contributed by atoms with van der Waals surface area (Å²) in [4.78, 5) is 11.8. The Kier molecular flexibility index (Phi) is 2.82. The number of carbonyl (C=O) groups excluding carboxylic acids is 1. The minimum absolute atomic E-state index is 0.0480. The monoisotopic (exact) mass is 288 g/mol. The van der Waals surface area contributed by atoms with Crippen molar-refractivity contribution in [1.29, 1.82) is 0 Å². The number of hydrogen-bond acceptors (Lipinski definition) is 4. The van der Waals surface area contributed by atoms with Gasteiger partial charge in [-0.2, -0.15) is 0 Å². The van der Waals surface area contributed by atoms with Crippen LogP contribution in [0.15, 0.2) is 18.2 Å². The largest absolute Gasteiger partial charge is 0.398 e. The molecule has 1 fully saturated rings. The highest BCUT2D eigenvalue weighted by molar-refractivity contribution is 7.94. The first-order valence-corrected chi connectivity index (χ1v) is 7.10. The first-order chi connectivity index (χ1) is 8.18. The van der Waals surface area contributed by atoms with Crippen LogP contribution in [-0.4, -0.2) is 23.4 Å². The third-order valence-electron chi connectivity index (χ3n) is 3.10. The van der Waals surface area contributed by atoms with Gasteiger partial charge in [0.15, 0.2) is 4.75 Å². The molecule has 7 heteroatoms. The number of anilines is 1. The van der Waals surface area contributed by atoms with Crippen molar-refractivity contribution in [2.24, 2.45) is 0 Å². The quantitative estimate of drug-likeness (QED) is 0.834. The van der Waals surface area contributed by atoms with Crippen LogP contribution < -0.4 is 5.73 Å². The fourth-order valence-corrected chi connectivity index (χ4v) is 3.46. The molecule has 0 radical (unpaired) electrons. The van der Waals surface area contributed by atoms with Gasteiger partial charge in [0.1, 0.15) is 0 Å². The minimum atomic E-state index is -3.58. The van der Waals surface area contributed by atoms with Crippen LogP contribution in [0.25, 0.3) is 0 Å². The lowest BCUT2D eigenvalue weighted by Gasteiger charge is -2.43. The summed E-state index contributed by atoms with van der Waals surface area (Å²) in [5.41, 5.74) is 6.67. The standard InChI is InChI=1S/C11H13ClN2O3S/c1-11(2)10(15)14(18(11,16)17)6-7-3-4-8(12)5-9(7)13/h3-5H,6,13H2,1-2H3. The molecule has 0 unspecified atom stereocenters. The summed E-state index contributed by atoms with van der Waals surface area (Å²) < 4.78 is 23.3. The van der Waals surface area contributed by atoms with E-state index in [2.05, 4.69) is 0 Å². The van der Waals surface area contributed by atoms with Gasteiger partial charge in [0, 0.05) is 10.7 Å². The Morgan fingerprint density at radius 1 is 1.39 bits per heavy atom. The van der Waals surface area contributed by atoms with Crippen molar-refractivity contribution in [3.63, 3.8) is 0 Å². The second-order valence-corrected chi connectivity index (χ2v) is 7.52. The second kappa shape index (κ2) is 3.86. The molecule has 0 atom stereocenters. The molecule has 2 rings (SSSR count). The van der Waals surface area contributed by atoms with Gasteiger partial charge in [-0.25, -0.2) is 12.7 Å². The van der Waals surface area contributed by atoms with E-state index in [1.54, 1.807) is 12.1 Å². The number of sulfonamides is 1. The number of amides is 1. The molecule has 1 amide bonds. The van der Waals surface area contributed by atoms with Crippen molar-refractivity contribution < 1.29 is 13.2 Å². The first kappa shape index (κ1) is 13.2. The Bertz CT molecular complexity index is 625. The minimum Gasteiger partial charge on any atom is -0.398 e. The molecule has 1 aromatic rings. The van der Waals surface area contributed by atoms with Gasteiger partial charge in [0.05, 0.1) is 6.54 Å². The van der Waals surface area contributed by atoms with Crippen LogP contribution in [0.1, 0.15) is 19.4 Å². The zero-order valence-corrected chi connectivity index (χ0v) is 11.5. The Morgan fingerprint density at radius 2 is 2.00 bits per heavy atom. The summed E-state index contributed by atoms with van der Waals surface area (Å²) in [6, 6.07) is 4.75. The zero-order chi connectivity index (χ0) is 13.7. The summed E-state index contributed by atoms with van der Waals surface area (Å²) in [5, 5.41) is 0.467. The fraction of sp³-hybridized carbons (Fsp3) is 0.364. The second-order valence-electron chi connectivity index (χ2n) is 4.67. The highest BCUT2D eigenvalue weighted by Gasteiger charge is 2.59. The molecule has 0 spiro atoms. The fourth-order valence-electron chi connectivity index (χ4n) is 1.78. The molecule has 1 aliphatic rings. The van der Waals surface area contributed by atoms with Crippen molar-refractivity contribution in [3.05, 3.63) is 28.8 Å². The summed E-state index contributed by atoms with van der Waals surface area (Å²) in [6.45, 7) is 2.74. The normalized spacial score (nSPS) is 20.6. The van der Waals surface area contributed by atoms with Gasteiger partial charge in [-0.15, -0.1) is 0 Å². The summed E-state index contributed by atoms with van der Waals surface area (Å²) in [7, 11) is -3.58. The van der Waals surface area contributed by atoms with Crippen LogP contribution in [0, 0.1) is 0 Å². The van der Waals surface area contributed by atoms with Crippen molar-refractivity contribution in [2.75, 3.05) is 5.73 Å². The molecule has 1 saturated heterocycles. The highest BCUT2D eigenvalue weighted by Crippen LogP contribution is 2.36. The molecule has 18 heavy (non-hydrogen) atoms. The van der Waals surface area contributed by atoms with E-state index in [0.717, 1.165) is 4.31 Å². The van der Waals surface area contributed by atoms with Crippen LogP contribution >= 0.6 is 11.6 Å². The van der Waals surface area contributed by atoms with E-state index in [1.165, 1.54) is 19.9 Å². The Balaban J connectivity index is 2.30.